The van der Waals surface area contributed by atoms with Crippen molar-refractivity contribution in [3.05, 3.63) is 41.5 Å². The van der Waals surface area contributed by atoms with E-state index in [0.717, 1.165) is 12.1 Å². The van der Waals surface area contributed by atoms with Gasteiger partial charge in [0, 0.05) is 18.7 Å². The Bertz CT molecular complexity index is 496. The molecule has 1 aromatic carbocycles. The van der Waals surface area contributed by atoms with Crippen LogP contribution >= 0.6 is 0 Å². The molecule has 96 valence electrons. The van der Waals surface area contributed by atoms with Gasteiger partial charge >= 0.3 is 0 Å². The highest BCUT2D eigenvalue weighted by Crippen LogP contribution is 2.10. The van der Waals surface area contributed by atoms with E-state index < -0.39 is 0 Å². The molecule has 0 saturated heterocycles. The lowest BCUT2D eigenvalue weighted by Gasteiger charge is -1.99. The number of aromatic nitrogens is 2. The van der Waals surface area contributed by atoms with Gasteiger partial charge in [-0.1, -0.05) is 17.3 Å². The fourth-order valence-electron chi connectivity index (χ4n) is 1.64. The van der Waals surface area contributed by atoms with Crippen LogP contribution in [0, 0.1) is 0 Å². The van der Waals surface area contributed by atoms with Crippen LogP contribution in [-0.2, 0) is 24.2 Å². The highest BCUT2D eigenvalue weighted by molar-refractivity contribution is 5.40. The average Bonchev–Trinajstić information content (AvgIpc) is 2.82. The van der Waals surface area contributed by atoms with Crippen LogP contribution in [0.1, 0.15) is 24.2 Å². The highest BCUT2D eigenvalue weighted by Gasteiger charge is 2.06. The van der Waals surface area contributed by atoms with Gasteiger partial charge in [0.25, 0.3) is 0 Å². The fourth-order valence-corrected chi connectivity index (χ4v) is 1.64. The monoisotopic (exact) mass is 247 g/mol. The average molecular weight is 247 g/mol. The van der Waals surface area contributed by atoms with Crippen molar-refractivity contribution in [2.75, 3.05) is 12.3 Å². The van der Waals surface area contributed by atoms with Crippen molar-refractivity contribution in [2.45, 2.75) is 26.4 Å². The van der Waals surface area contributed by atoms with Crippen molar-refractivity contribution in [3.63, 3.8) is 0 Å². The van der Waals surface area contributed by atoms with E-state index in [1.54, 1.807) is 0 Å². The molecule has 0 saturated carbocycles. The van der Waals surface area contributed by atoms with Gasteiger partial charge in [-0.15, -0.1) is 0 Å². The van der Waals surface area contributed by atoms with E-state index in [1.807, 2.05) is 31.2 Å². The van der Waals surface area contributed by atoms with Crippen LogP contribution in [0.15, 0.2) is 28.8 Å². The Hall–Kier alpha value is -1.88. The van der Waals surface area contributed by atoms with E-state index in [4.69, 9.17) is 15.0 Å². The van der Waals surface area contributed by atoms with E-state index in [9.17, 15) is 0 Å². The van der Waals surface area contributed by atoms with Gasteiger partial charge in [-0.3, -0.25) is 0 Å². The summed E-state index contributed by atoms with van der Waals surface area (Å²) in [6, 6.07) is 7.81. The number of benzene rings is 1. The summed E-state index contributed by atoms with van der Waals surface area (Å²) in [6.07, 6.45) is 1.55. The maximum Gasteiger partial charge on any atom is 0.227 e. The minimum atomic E-state index is 0.401. The largest absolute Gasteiger partial charge is 0.399 e. The molecule has 0 aliphatic carbocycles. The van der Waals surface area contributed by atoms with E-state index in [2.05, 4.69) is 10.1 Å². The van der Waals surface area contributed by atoms with Gasteiger partial charge in [-0.05, 0) is 31.0 Å². The number of rotatable bonds is 6. The van der Waals surface area contributed by atoms with Gasteiger partial charge < -0.3 is 15.0 Å². The SMILES string of the molecule is CCOCc1noc(CCc2cccc(N)c2)n1. The van der Waals surface area contributed by atoms with Crippen molar-refractivity contribution < 1.29 is 9.26 Å². The molecule has 2 N–H and O–H groups in total. The van der Waals surface area contributed by atoms with E-state index in [1.165, 1.54) is 5.56 Å². The topological polar surface area (TPSA) is 74.2 Å². The third kappa shape index (κ3) is 3.56. The third-order valence-corrected chi connectivity index (χ3v) is 2.52. The predicted molar refractivity (Wildman–Crippen MR) is 67.9 cm³/mol. The standard InChI is InChI=1S/C13H17N3O2/c1-2-17-9-12-15-13(18-16-12)7-6-10-4-3-5-11(14)8-10/h3-5,8H,2,6-7,9,14H2,1H3. The van der Waals surface area contributed by atoms with E-state index in [-0.39, 0.29) is 0 Å². The first-order chi connectivity index (χ1) is 8.78. The summed E-state index contributed by atoms with van der Waals surface area (Å²) in [5.74, 6) is 1.23. The number of aryl methyl sites for hydroxylation is 2. The summed E-state index contributed by atoms with van der Waals surface area (Å²) in [5.41, 5.74) is 7.66. The zero-order valence-corrected chi connectivity index (χ0v) is 10.4. The van der Waals surface area contributed by atoms with E-state index in [0.29, 0.717) is 31.3 Å². The molecule has 0 aliphatic heterocycles. The van der Waals surface area contributed by atoms with Crippen LogP contribution in [0.5, 0.6) is 0 Å². The number of nitrogen functional groups attached to an aromatic ring is 1. The molecule has 1 aromatic heterocycles. The minimum Gasteiger partial charge on any atom is -0.399 e. The second-order valence-electron chi connectivity index (χ2n) is 3.99. The van der Waals surface area contributed by atoms with Gasteiger partial charge in [-0.2, -0.15) is 4.98 Å². The first-order valence-corrected chi connectivity index (χ1v) is 6.01. The van der Waals surface area contributed by atoms with Crippen molar-refractivity contribution in [2.24, 2.45) is 0 Å². The number of ether oxygens (including phenoxy) is 1. The number of hydrogen-bond acceptors (Lipinski definition) is 5. The Morgan fingerprint density at radius 1 is 1.33 bits per heavy atom. The van der Waals surface area contributed by atoms with Gasteiger partial charge in [0.05, 0.1) is 0 Å². The van der Waals surface area contributed by atoms with Crippen LogP contribution < -0.4 is 5.73 Å². The van der Waals surface area contributed by atoms with Crippen molar-refractivity contribution in [1.82, 2.24) is 10.1 Å². The van der Waals surface area contributed by atoms with Gasteiger partial charge in [-0.25, -0.2) is 0 Å². The molecule has 2 aromatic rings. The lowest BCUT2D eigenvalue weighted by Crippen LogP contribution is -1.96. The lowest BCUT2D eigenvalue weighted by atomic mass is 10.1. The summed E-state index contributed by atoms with van der Waals surface area (Å²) in [4.78, 5) is 4.25. The highest BCUT2D eigenvalue weighted by atomic mass is 16.5. The molecule has 5 heteroatoms. The summed E-state index contributed by atoms with van der Waals surface area (Å²) >= 11 is 0. The normalized spacial score (nSPS) is 10.7. The third-order valence-electron chi connectivity index (χ3n) is 2.52. The Morgan fingerprint density at radius 2 is 2.22 bits per heavy atom. The zero-order valence-electron chi connectivity index (χ0n) is 10.4. The molecule has 0 radical (unpaired) electrons. The number of nitrogens with zero attached hydrogens (tertiary/aromatic N) is 2. The summed E-state index contributed by atoms with van der Waals surface area (Å²) in [7, 11) is 0. The molecule has 0 amide bonds. The van der Waals surface area contributed by atoms with Crippen molar-refractivity contribution in [1.29, 1.82) is 0 Å². The second kappa shape index (κ2) is 6.16. The van der Waals surface area contributed by atoms with Crippen LogP contribution in [0.4, 0.5) is 5.69 Å². The van der Waals surface area contributed by atoms with Crippen LogP contribution in [0.2, 0.25) is 0 Å². The first kappa shape index (κ1) is 12.6. The number of nitrogens with two attached hydrogens (primary N) is 1. The van der Waals surface area contributed by atoms with Crippen LogP contribution in [0.3, 0.4) is 0 Å². The summed E-state index contributed by atoms with van der Waals surface area (Å²) in [6.45, 7) is 2.98. The van der Waals surface area contributed by atoms with Gasteiger partial charge in [0.2, 0.25) is 5.89 Å². The second-order valence-corrected chi connectivity index (χ2v) is 3.99. The van der Waals surface area contributed by atoms with Crippen molar-refractivity contribution in [3.8, 4) is 0 Å². The molecule has 5 nitrogen and oxygen atoms in total. The Labute approximate surface area is 106 Å². The number of hydrogen-bond donors (Lipinski definition) is 1. The summed E-state index contributed by atoms with van der Waals surface area (Å²) in [5, 5.41) is 3.85. The molecule has 18 heavy (non-hydrogen) atoms. The molecule has 0 spiro atoms. The van der Waals surface area contributed by atoms with Crippen LogP contribution in [0.25, 0.3) is 0 Å². The lowest BCUT2D eigenvalue weighted by molar-refractivity contribution is 0.126. The molecule has 0 aliphatic rings. The molecular formula is C13H17N3O2. The minimum absolute atomic E-state index is 0.401. The Balaban J connectivity index is 1.88. The molecular weight excluding hydrogens is 230 g/mol. The van der Waals surface area contributed by atoms with Crippen molar-refractivity contribution >= 4 is 5.69 Å². The predicted octanol–water partition coefficient (Wildman–Crippen LogP) is 1.97. The smallest absolute Gasteiger partial charge is 0.227 e. The number of anilines is 1. The molecule has 1 heterocycles. The molecule has 2 rings (SSSR count). The quantitative estimate of drug-likeness (QED) is 0.790. The maximum atomic E-state index is 5.72. The van der Waals surface area contributed by atoms with E-state index >= 15 is 0 Å². The summed E-state index contributed by atoms with van der Waals surface area (Å²) < 4.78 is 10.4. The van der Waals surface area contributed by atoms with Gasteiger partial charge in [0.1, 0.15) is 6.61 Å². The Kier molecular flexibility index (Phi) is 4.30. The van der Waals surface area contributed by atoms with Gasteiger partial charge in [0.15, 0.2) is 5.82 Å². The molecule has 0 bridgehead atoms. The van der Waals surface area contributed by atoms with Crippen LogP contribution in [-0.4, -0.2) is 16.7 Å². The molecule has 0 fully saturated rings. The first-order valence-electron chi connectivity index (χ1n) is 6.01. The fraction of sp³-hybridized carbons (Fsp3) is 0.385. The maximum absolute atomic E-state index is 5.72. The zero-order chi connectivity index (χ0) is 12.8. The molecule has 0 atom stereocenters. The molecule has 0 unspecified atom stereocenters. The Morgan fingerprint density at radius 3 is 3.00 bits per heavy atom.